The minimum atomic E-state index is 0.159. The second kappa shape index (κ2) is 6.56. The lowest BCUT2D eigenvalue weighted by atomic mass is 9.94. The molecule has 3 heterocycles. The third-order valence-electron chi connectivity index (χ3n) is 4.94. The highest BCUT2D eigenvalue weighted by Crippen LogP contribution is 2.31. The first-order valence-electron chi connectivity index (χ1n) is 8.94. The Bertz CT molecular complexity index is 785. The molecular weight excluding hydrogens is 312 g/mol. The summed E-state index contributed by atoms with van der Waals surface area (Å²) in [6.07, 6.45) is 4.06. The number of fused-ring (bicyclic) bond motifs is 1. The van der Waals surface area contributed by atoms with E-state index in [-0.39, 0.29) is 6.10 Å². The molecule has 0 saturated carbocycles. The monoisotopic (exact) mass is 336 g/mol. The molecule has 0 spiro atoms. The third kappa shape index (κ3) is 3.29. The minimum Gasteiger partial charge on any atom is -0.390 e. The lowest BCUT2D eigenvalue weighted by Crippen LogP contribution is -2.23. The van der Waals surface area contributed by atoms with Crippen LogP contribution in [0.3, 0.4) is 0 Å². The van der Waals surface area contributed by atoms with Crippen LogP contribution in [-0.2, 0) is 11.4 Å². The fourth-order valence-corrected chi connectivity index (χ4v) is 3.62. The number of aryl methyl sites for hydroxylation is 1. The lowest BCUT2D eigenvalue weighted by molar-refractivity contribution is 0.0745. The van der Waals surface area contributed by atoms with Gasteiger partial charge in [-0.25, -0.2) is 9.97 Å². The van der Waals surface area contributed by atoms with Gasteiger partial charge >= 0.3 is 0 Å². The summed E-state index contributed by atoms with van der Waals surface area (Å²) >= 11 is 0. The van der Waals surface area contributed by atoms with Crippen molar-refractivity contribution in [1.29, 1.82) is 0 Å². The van der Waals surface area contributed by atoms with Crippen LogP contribution in [0.4, 0.5) is 0 Å². The Hall–Kier alpha value is -2.27. The number of hydrogen-bond donors (Lipinski definition) is 0. The molecule has 2 aromatic rings. The van der Waals surface area contributed by atoms with E-state index in [1.54, 1.807) is 0 Å². The van der Waals surface area contributed by atoms with Gasteiger partial charge in [0.1, 0.15) is 11.9 Å². The van der Waals surface area contributed by atoms with Crippen LogP contribution in [0.2, 0.25) is 0 Å². The smallest absolute Gasteiger partial charge is 0.149 e. The predicted octanol–water partition coefficient (Wildman–Crippen LogP) is 3.14. The van der Waals surface area contributed by atoms with Crippen molar-refractivity contribution in [3.05, 3.63) is 59.2 Å². The number of hydrogen-bond acceptors (Lipinski definition) is 5. The SMILES string of the molecule is Cc1cccc(C2=NOC3CN(Cc4cnc(C(C)C)nc4)CC23)c1. The highest BCUT2D eigenvalue weighted by Gasteiger charge is 2.42. The first-order chi connectivity index (χ1) is 12.1. The molecule has 0 amide bonds. The van der Waals surface area contributed by atoms with Gasteiger partial charge in [0.05, 0.1) is 11.6 Å². The van der Waals surface area contributed by atoms with Crippen LogP contribution in [0.1, 0.15) is 42.3 Å². The van der Waals surface area contributed by atoms with Crippen molar-refractivity contribution in [3.63, 3.8) is 0 Å². The summed E-state index contributed by atoms with van der Waals surface area (Å²) in [6, 6.07) is 8.50. The number of benzene rings is 1. The zero-order valence-electron chi connectivity index (χ0n) is 15.0. The molecule has 1 saturated heterocycles. The Kier molecular flexibility index (Phi) is 4.25. The average Bonchev–Trinajstić information content (AvgIpc) is 3.15. The van der Waals surface area contributed by atoms with Crippen molar-refractivity contribution < 1.29 is 4.84 Å². The normalized spacial score (nSPS) is 22.8. The van der Waals surface area contributed by atoms with Crippen molar-refractivity contribution in [2.75, 3.05) is 13.1 Å². The summed E-state index contributed by atoms with van der Waals surface area (Å²) in [4.78, 5) is 17.1. The van der Waals surface area contributed by atoms with E-state index in [9.17, 15) is 0 Å². The summed E-state index contributed by atoms with van der Waals surface area (Å²) in [5.41, 5.74) is 4.67. The zero-order chi connectivity index (χ0) is 17.4. The minimum absolute atomic E-state index is 0.159. The van der Waals surface area contributed by atoms with Gasteiger partial charge in [0, 0.05) is 49.1 Å². The van der Waals surface area contributed by atoms with Gasteiger partial charge in [-0.15, -0.1) is 0 Å². The maximum Gasteiger partial charge on any atom is 0.149 e. The van der Waals surface area contributed by atoms with Crippen LogP contribution >= 0.6 is 0 Å². The Labute approximate surface area is 148 Å². The van der Waals surface area contributed by atoms with Crippen molar-refractivity contribution in [3.8, 4) is 0 Å². The van der Waals surface area contributed by atoms with E-state index in [4.69, 9.17) is 4.84 Å². The summed E-state index contributed by atoms with van der Waals surface area (Å²) in [5.74, 6) is 1.61. The third-order valence-corrected chi connectivity index (χ3v) is 4.94. The van der Waals surface area contributed by atoms with Gasteiger partial charge < -0.3 is 4.84 Å². The van der Waals surface area contributed by atoms with Crippen LogP contribution in [0, 0.1) is 12.8 Å². The van der Waals surface area contributed by atoms with Gasteiger partial charge in [-0.2, -0.15) is 0 Å². The Morgan fingerprint density at radius 1 is 1.20 bits per heavy atom. The molecule has 0 bridgehead atoms. The molecule has 5 heteroatoms. The highest BCUT2D eigenvalue weighted by molar-refractivity contribution is 6.03. The molecule has 4 rings (SSSR count). The maximum absolute atomic E-state index is 5.72. The highest BCUT2D eigenvalue weighted by atomic mass is 16.6. The second-order valence-electron chi connectivity index (χ2n) is 7.39. The van der Waals surface area contributed by atoms with Crippen molar-refractivity contribution in [1.82, 2.24) is 14.9 Å². The fourth-order valence-electron chi connectivity index (χ4n) is 3.62. The number of aromatic nitrogens is 2. The van der Waals surface area contributed by atoms with Gasteiger partial charge in [-0.05, 0) is 6.92 Å². The molecule has 2 aliphatic rings. The summed E-state index contributed by atoms with van der Waals surface area (Å²) in [5, 5.41) is 4.37. The van der Waals surface area contributed by atoms with Crippen LogP contribution in [-0.4, -0.2) is 39.8 Å². The Balaban J connectivity index is 1.44. The molecule has 130 valence electrons. The maximum atomic E-state index is 5.72. The fraction of sp³-hybridized carbons (Fsp3) is 0.450. The van der Waals surface area contributed by atoms with E-state index in [0.717, 1.165) is 36.7 Å². The molecule has 0 aliphatic carbocycles. The van der Waals surface area contributed by atoms with Crippen LogP contribution < -0.4 is 0 Å². The number of oxime groups is 1. The van der Waals surface area contributed by atoms with E-state index in [0.29, 0.717) is 11.8 Å². The standard InChI is InChI=1S/C20H24N4O/c1-13(2)20-21-8-15(9-22-20)10-24-11-17-18(12-24)25-23-19(17)16-6-4-5-14(3)7-16/h4-9,13,17-18H,10-12H2,1-3H3. The predicted molar refractivity (Wildman–Crippen MR) is 97.5 cm³/mol. The number of nitrogens with zero attached hydrogens (tertiary/aromatic N) is 4. The second-order valence-corrected chi connectivity index (χ2v) is 7.39. The molecule has 1 aromatic carbocycles. The molecule has 2 unspecified atom stereocenters. The van der Waals surface area contributed by atoms with Crippen LogP contribution in [0.5, 0.6) is 0 Å². The first kappa shape index (κ1) is 16.2. The molecule has 1 fully saturated rings. The molecule has 2 aliphatic heterocycles. The molecule has 0 radical (unpaired) electrons. The molecule has 0 N–H and O–H groups in total. The molecule has 25 heavy (non-hydrogen) atoms. The number of likely N-dealkylation sites (tertiary alicyclic amines) is 1. The summed E-state index contributed by atoms with van der Waals surface area (Å²) in [7, 11) is 0. The van der Waals surface area contributed by atoms with E-state index in [2.05, 4.69) is 65.1 Å². The van der Waals surface area contributed by atoms with Gasteiger partial charge in [0.2, 0.25) is 0 Å². The quantitative estimate of drug-likeness (QED) is 0.861. The van der Waals surface area contributed by atoms with Gasteiger partial charge in [0.25, 0.3) is 0 Å². The zero-order valence-corrected chi connectivity index (χ0v) is 15.0. The van der Waals surface area contributed by atoms with Gasteiger partial charge in [0.15, 0.2) is 0 Å². The lowest BCUT2D eigenvalue weighted by Gasteiger charge is -2.16. The van der Waals surface area contributed by atoms with Crippen molar-refractivity contribution in [2.24, 2.45) is 11.1 Å². The largest absolute Gasteiger partial charge is 0.390 e. The van der Waals surface area contributed by atoms with E-state index in [1.807, 2.05) is 12.4 Å². The number of rotatable bonds is 4. The topological polar surface area (TPSA) is 50.6 Å². The summed E-state index contributed by atoms with van der Waals surface area (Å²) in [6.45, 7) is 9.05. The van der Waals surface area contributed by atoms with Crippen LogP contribution in [0.15, 0.2) is 41.8 Å². The first-order valence-corrected chi connectivity index (χ1v) is 8.94. The van der Waals surface area contributed by atoms with E-state index in [1.165, 1.54) is 11.1 Å². The Morgan fingerprint density at radius 2 is 2.00 bits per heavy atom. The van der Waals surface area contributed by atoms with Crippen molar-refractivity contribution in [2.45, 2.75) is 39.3 Å². The van der Waals surface area contributed by atoms with Gasteiger partial charge in [-0.3, -0.25) is 4.90 Å². The molecule has 1 aromatic heterocycles. The van der Waals surface area contributed by atoms with E-state index < -0.39 is 0 Å². The Morgan fingerprint density at radius 3 is 2.72 bits per heavy atom. The summed E-state index contributed by atoms with van der Waals surface area (Å²) < 4.78 is 0. The van der Waals surface area contributed by atoms with Crippen molar-refractivity contribution >= 4 is 5.71 Å². The van der Waals surface area contributed by atoms with Crippen LogP contribution in [0.25, 0.3) is 0 Å². The molecular formula is C20H24N4O. The van der Waals surface area contributed by atoms with E-state index >= 15 is 0 Å². The van der Waals surface area contributed by atoms with Gasteiger partial charge in [-0.1, -0.05) is 48.8 Å². The molecule has 2 atom stereocenters. The average molecular weight is 336 g/mol. The molecule has 5 nitrogen and oxygen atoms in total.